The highest BCUT2D eigenvalue weighted by Crippen LogP contribution is 2.33. The lowest BCUT2D eigenvalue weighted by atomic mass is 10.1. The number of alkyl halides is 11. The average molecular weight is 1400 g/mol. The number of carbonyl (C=O) groups excluding carboxylic acids is 4. The van der Waals surface area contributed by atoms with Gasteiger partial charge in [0.05, 0.1) is 61.2 Å². The Morgan fingerprint density at radius 3 is 1.04 bits per heavy atom. The van der Waals surface area contributed by atoms with E-state index in [-0.39, 0.29) is 74.1 Å². The van der Waals surface area contributed by atoms with Gasteiger partial charge in [-0.1, -0.05) is 124 Å². The lowest BCUT2D eigenvalue weighted by Crippen LogP contribution is -2.39. The van der Waals surface area contributed by atoms with Crippen LogP contribution in [-0.2, 0) is 74.8 Å². The van der Waals surface area contributed by atoms with Gasteiger partial charge >= 0.3 is 66.2 Å². The third-order valence-corrected chi connectivity index (χ3v) is 12.6. The lowest BCUT2D eigenvalue weighted by molar-refractivity contribution is -0.160. The van der Waals surface area contributed by atoms with Gasteiger partial charge in [0.1, 0.15) is 0 Å². The molecule has 0 atom stereocenters. The third kappa shape index (κ3) is 23.0. The van der Waals surface area contributed by atoms with Gasteiger partial charge in [-0.05, 0) is 42.0 Å². The molecule has 1 saturated carbocycles. The van der Waals surface area contributed by atoms with Crippen LogP contribution in [0.2, 0.25) is 0 Å². The second kappa shape index (κ2) is 34.8. The van der Waals surface area contributed by atoms with Crippen LogP contribution in [0.15, 0.2) is 128 Å². The number of carbonyl (C=O) groups is 4. The molecule has 4 N–H and O–H groups in total. The Bertz CT molecular complexity index is 3830. The normalized spacial score (nSPS) is 12.1. The highest BCUT2D eigenvalue weighted by atomic mass is 19.4. The molecule has 0 bridgehead atoms. The maximum atomic E-state index is 13.1. The molecule has 1 aliphatic carbocycles. The zero-order valence-corrected chi connectivity index (χ0v) is 52.6. The van der Waals surface area contributed by atoms with Crippen LogP contribution < -0.4 is 21.4 Å². The Labute approximate surface area is 547 Å². The summed E-state index contributed by atoms with van der Waals surface area (Å²) >= 11 is 0. The molecular weight excluding hydrogens is 1340 g/mol. The maximum absolute atomic E-state index is 13.1. The molecule has 4 heterocycles. The standard InChI is InChI=1S/2C15H15F3N4O3.C14H15F3N4O4.C14H16F2N4O3/c1-24-22(14(23)19-11-6-7-11)8-9-2-4-10(5-3-9)12-20-13(25-21-12)15(16,17)18;1-3-8-19-14(23)22(24-2)9-10-4-6-11(7-5-10)12-20-13(25-21-12)15(16,17)18;1-3-24-20-13(22)21(23-2)8-9-4-6-10(7-5-9)11-18-12(25-19-11)14(15,16)17;1-14(15,16)12-18-11(19-23-12)10-6-4-9(5-7-10)8-20(22-3)13(21)17-2/h2-5,11H,6-8H2,1H3,(H,19,23);3-7H,1,8-9H2,2H3,(H,19,23);4-7H,3,8H2,1-2H3,(H,20,22);4-7H,8H2,1-3H3,(H,17,21). The van der Waals surface area contributed by atoms with Gasteiger partial charge in [-0.3, -0.25) is 24.2 Å². The minimum absolute atomic E-state index is 0.0722. The summed E-state index contributed by atoms with van der Waals surface area (Å²) in [5, 5.41) is 25.7. The van der Waals surface area contributed by atoms with E-state index in [9.17, 15) is 67.5 Å². The monoisotopic (exact) mass is 1400 g/mol. The quantitative estimate of drug-likeness (QED) is 0.0278. The predicted octanol–water partition coefficient (Wildman–Crippen LogP) is 11.3. The summed E-state index contributed by atoms with van der Waals surface area (Å²) in [7, 11) is 6.93. The molecule has 0 spiro atoms. The number of halogens is 11. The van der Waals surface area contributed by atoms with Crippen LogP contribution in [0.3, 0.4) is 0 Å². The Morgan fingerprint density at radius 1 is 0.490 bits per heavy atom. The number of amides is 8. The topological polar surface area (TPSA) is 331 Å². The van der Waals surface area contributed by atoms with E-state index in [2.05, 4.69) is 86.7 Å². The van der Waals surface area contributed by atoms with E-state index in [0.29, 0.717) is 46.9 Å². The first-order valence-corrected chi connectivity index (χ1v) is 28.3. The van der Waals surface area contributed by atoms with Gasteiger partial charge in [-0.15, -0.1) is 6.58 Å². The minimum atomic E-state index is -4.70. The van der Waals surface area contributed by atoms with Crippen molar-refractivity contribution in [2.45, 2.75) is 83.4 Å². The van der Waals surface area contributed by atoms with Crippen LogP contribution in [0.1, 0.15) is 72.5 Å². The smallest absolute Gasteiger partial charge is 0.339 e. The number of benzene rings is 4. The molecule has 0 unspecified atom stereocenters. The number of aromatic nitrogens is 8. The number of nitrogens with one attached hydrogen (secondary N) is 4. The van der Waals surface area contributed by atoms with E-state index in [1.807, 2.05) is 0 Å². The van der Waals surface area contributed by atoms with Crippen LogP contribution in [0.25, 0.3) is 45.6 Å². The van der Waals surface area contributed by atoms with Crippen LogP contribution in [0.4, 0.5) is 67.5 Å². The van der Waals surface area contributed by atoms with Crippen molar-refractivity contribution in [3.63, 3.8) is 0 Å². The minimum Gasteiger partial charge on any atom is -0.339 e. The van der Waals surface area contributed by atoms with Crippen molar-refractivity contribution in [1.82, 2.24) is 82.2 Å². The molecule has 528 valence electrons. The zero-order chi connectivity index (χ0) is 72.0. The molecule has 4 aromatic heterocycles. The number of hydroxylamine groups is 9. The Kier molecular flexibility index (Phi) is 27.1. The Morgan fingerprint density at radius 2 is 0.786 bits per heavy atom. The first kappa shape index (κ1) is 76.3. The fourth-order valence-corrected chi connectivity index (χ4v) is 7.50. The van der Waals surface area contributed by atoms with E-state index in [1.54, 1.807) is 79.7 Å². The van der Waals surface area contributed by atoms with Crippen molar-refractivity contribution < 1.29 is 110 Å². The highest BCUT2D eigenvalue weighted by molar-refractivity contribution is 5.74. The van der Waals surface area contributed by atoms with Gasteiger partial charge in [-0.2, -0.15) is 88.5 Å². The van der Waals surface area contributed by atoms with E-state index >= 15 is 0 Å². The molecule has 98 heavy (non-hydrogen) atoms. The first-order chi connectivity index (χ1) is 46.4. The molecule has 8 amide bonds. The maximum Gasteiger partial charge on any atom is 0.471 e. The molecule has 8 aromatic rings. The highest BCUT2D eigenvalue weighted by Gasteiger charge is 2.41. The molecule has 9 rings (SSSR count). The van der Waals surface area contributed by atoms with Gasteiger partial charge < -0.3 is 34.0 Å². The van der Waals surface area contributed by atoms with E-state index in [0.717, 1.165) is 39.2 Å². The number of hydrogen-bond donors (Lipinski definition) is 4. The van der Waals surface area contributed by atoms with Crippen molar-refractivity contribution in [2.24, 2.45) is 0 Å². The van der Waals surface area contributed by atoms with Crippen molar-refractivity contribution in [3.8, 4) is 45.6 Å². The summed E-state index contributed by atoms with van der Waals surface area (Å²) in [6, 6.07) is 24.1. The van der Waals surface area contributed by atoms with Crippen LogP contribution in [0, 0.1) is 0 Å². The second-order valence-electron chi connectivity index (χ2n) is 19.8. The summed E-state index contributed by atoms with van der Waals surface area (Å²) in [6.07, 6.45) is -10.6. The molecule has 40 heteroatoms. The van der Waals surface area contributed by atoms with Crippen LogP contribution in [-0.4, -0.2) is 140 Å². The lowest BCUT2D eigenvalue weighted by Gasteiger charge is -2.20. The molecule has 4 aromatic carbocycles. The fraction of sp³-hybridized carbons (Fsp3) is 0.345. The van der Waals surface area contributed by atoms with E-state index < -0.39 is 60.1 Å². The molecule has 1 aliphatic rings. The Balaban J connectivity index is 0.000000206. The van der Waals surface area contributed by atoms with Crippen LogP contribution >= 0.6 is 0 Å². The van der Waals surface area contributed by atoms with Gasteiger partial charge in [0.25, 0.3) is 5.89 Å². The van der Waals surface area contributed by atoms with Crippen molar-refractivity contribution in [3.05, 3.63) is 156 Å². The number of urea groups is 4. The molecule has 0 saturated heterocycles. The summed E-state index contributed by atoms with van der Waals surface area (Å²) in [6.45, 7) is 7.11. The number of hydrogen-bond acceptors (Lipinski definition) is 21. The van der Waals surface area contributed by atoms with Gasteiger partial charge in [-0.25, -0.2) is 24.7 Å². The third-order valence-electron chi connectivity index (χ3n) is 12.6. The molecule has 0 aliphatic heterocycles. The van der Waals surface area contributed by atoms with E-state index in [4.69, 9.17) is 24.2 Å². The van der Waals surface area contributed by atoms with Crippen molar-refractivity contribution in [1.29, 1.82) is 0 Å². The SMILES string of the molecule is C=CCNC(=O)N(Cc1ccc(-c2noc(C(F)(F)F)n2)cc1)OC.CCONC(=O)N(Cc1ccc(-c2noc(C(F)(F)F)n2)cc1)OC.CNC(=O)N(Cc1ccc(-c2noc(C(C)(F)F)n2)cc1)OC.CON(Cc1ccc(-c2noc(C(F)(F)F)n2)cc1)C(=O)NC1CC1. The summed E-state index contributed by atoms with van der Waals surface area (Å²) < 4.78 is 156. The molecule has 1 fully saturated rings. The number of rotatable bonds is 22. The predicted molar refractivity (Wildman–Crippen MR) is 313 cm³/mol. The van der Waals surface area contributed by atoms with Gasteiger partial charge in [0.15, 0.2) is 0 Å². The number of nitrogens with zero attached hydrogens (tertiary/aromatic N) is 12. The second-order valence-corrected chi connectivity index (χ2v) is 19.8. The summed E-state index contributed by atoms with van der Waals surface area (Å²) in [4.78, 5) is 85.4. The molecule has 0 radical (unpaired) electrons. The van der Waals surface area contributed by atoms with E-state index in [1.165, 1.54) is 70.9 Å². The van der Waals surface area contributed by atoms with Crippen LogP contribution in [0.5, 0.6) is 0 Å². The van der Waals surface area contributed by atoms with Crippen molar-refractivity contribution >= 4 is 24.1 Å². The zero-order valence-electron chi connectivity index (χ0n) is 52.6. The van der Waals surface area contributed by atoms with Gasteiger partial charge in [0, 0.05) is 48.8 Å². The van der Waals surface area contributed by atoms with Gasteiger partial charge in [0.2, 0.25) is 23.3 Å². The summed E-state index contributed by atoms with van der Waals surface area (Å²) in [5.41, 5.74) is 6.64. The average Bonchev–Trinajstić information content (AvgIpc) is 1.71. The Hall–Kier alpha value is -10.7. The van der Waals surface area contributed by atoms with Crippen molar-refractivity contribution in [2.75, 3.05) is 48.6 Å². The first-order valence-electron chi connectivity index (χ1n) is 28.3. The fourth-order valence-electron chi connectivity index (χ4n) is 7.50. The molecular formula is C58H61F11N16O13. The molecule has 29 nitrogen and oxygen atoms in total. The summed E-state index contributed by atoms with van der Waals surface area (Å²) in [5.74, 6) is -8.58. The largest absolute Gasteiger partial charge is 0.471 e.